The van der Waals surface area contributed by atoms with Crippen LogP contribution in [0, 0.1) is 17.1 Å². The third-order valence-electron chi connectivity index (χ3n) is 4.77. The number of carbonyl (C=O) groups excluding carboxylic acids is 2. The number of ether oxygens (including phenoxy) is 1. The van der Waals surface area contributed by atoms with Crippen LogP contribution in [0.4, 0.5) is 10.1 Å². The Hall–Kier alpha value is -3.34. The molecule has 1 aromatic rings. The molecule has 3 aliphatic heterocycles. The third-order valence-corrected chi connectivity index (χ3v) is 4.77. The summed E-state index contributed by atoms with van der Waals surface area (Å²) in [6.45, 7) is 3.27. The van der Waals surface area contributed by atoms with E-state index in [1.165, 1.54) is 12.1 Å². The summed E-state index contributed by atoms with van der Waals surface area (Å²) in [6.07, 6.45) is 0. The molecular formula is C17H13FN4O3. The third kappa shape index (κ3) is 1.62. The van der Waals surface area contributed by atoms with Gasteiger partial charge in [-0.15, -0.1) is 0 Å². The van der Waals surface area contributed by atoms with Gasteiger partial charge in [-0.25, -0.2) is 9.18 Å². The van der Waals surface area contributed by atoms with Gasteiger partial charge in [-0.2, -0.15) is 5.26 Å². The Morgan fingerprint density at radius 3 is 2.68 bits per heavy atom. The molecule has 25 heavy (non-hydrogen) atoms. The zero-order valence-electron chi connectivity index (χ0n) is 13.4. The van der Waals surface area contributed by atoms with Gasteiger partial charge in [-0.3, -0.25) is 4.79 Å². The van der Waals surface area contributed by atoms with Crippen LogP contribution in [0.1, 0.15) is 19.4 Å². The van der Waals surface area contributed by atoms with Gasteiger partial charge in [-0.1, -0.05) is 0 Å². The molecule has 8 heteroatoms. The molecule has 0 bridgehead atoms. The average molecular weight is 340 g/mol. The number of amides is 1. The molecule has 3 aliphatic rings. The molecule has 126 valence electrons. The van der Waals surface area contributed by atoms with E-state index in [9.17, 15) is 19.2 Å². The number of cyclic esters (lactones) is 1. The molecule has 0 aliphatic carbocycles. The van der Waals surface area contributed by atoms with Gasteiger partial charge in [0.05, 0.1) is 16.8 Å². The molecule has 7 nitrogen and oxygen atoms in total. The summed E-state index contributed by atoms with van der Waals surface area (Å²) in [5.41, 5.74) is 3.67. The van der Waals surface area contributed by atoms with E-state index in [4.69, 9.17) is 10.5 Å². The van der Waals surface area contributed by atoms with Crippen molar-refractivity contribution >= 4 is 17.6 Å². The second-order valence-electron chi connectivity index (χ2n) is 6.57. The average Bonchev–Trinajstić information content (AvgIpc) is 2.92. The van der Waals surface area contributed by atoms with Crippen LogP contribution in [-0.4, -0.2) is 17.5 Å². The van der Waals surface area contributed by atoms with E-state index in [0.717, 1.165) is 6.07 Å². The molecule has 0 saturated carbocycles. The van der Waals surface area contributed by atoms with Crippen LogP contribution >= 0.6 is 0 Å². The number of hydrogen-bond acceptors (Lipinski definition) is 6. The number of fused-ring (bicyclic) bond motifs is 3. The minimum atomic E-state index is -1.83. The Morgan fingerprint density at radius 2 is 2.00 bits per heavy atom. The van der Waals surface area contributed by atoms with Gasteiger partial charge in [0.25, 0.3) is 0 Å². The van der Waals surface area contributed by atoms with Crippen LogP contribution in [0.5, 0.6) is 0 Å². The molecule has 1 spiro atoms. The molecule has 0 unspecified atom stereocenters. The predicted octanol–water partition coefficient (Wildman–Crippen LogP) is 0.902. The fourth-order valence-electron chi connectivity index (χ4n) is 3.73. The van der Waals surface area contributed by atoms with Crippen LogP contribution in [-0.2, 0) is 19.7 Å². The first-order chi connectivity index (χ1) is 11.7. The number of carbonyl (C=O) groups is 2. The lowest BCUT2D eigenvalue weighted by Gasteiger charge is -2.34. The Morgan fingerprint density at radius 1 is 1.28 bits per heavy atom. The number of anilines is 1. The van der Waals surface area contributed by atoms with Gasteiger partial charge in [0, 0.05) is 11.3 Å². The first-order valence-corrected chi connectivity index (χ1v) is 7.51. The van der Waals surface area contributed by atoms with Crippen molar-refractivity contribution in [2.75, 3.05) is 5.32 Å². The number of rotatable bonds is 0. The number of halogens is 1. The highest BCUT2D eigenvalue weighted by molar-refractivity contribution is 6.18. The number of nitrogens with one attached hydrogen (secondary N) is 2. The molecule has 1 atom stereocenters. The van der Waals surface area contributed by atoms with Crippen LogP contribution in [0.3, 0.4) is 0 Å². The van der Waals surface area contributed by atoms with E-state index in [1.807, 2.05) is 6.07 Å². The maximum atomic E-state index is 13.9. The number of nitriles is 1. The van der Waals surface area contributed by atoms with Crippen molar-refractivity contribution in [3.63, 3.8) is 0 Å². The van der Waals surface area contributed by atoms with E-state index < -0.39 is 28.7 Å². The fraction of sp³-hybridized carbons (Fsp3) is 0.235. The largest absolute Gasteiger partial charge is 0.450 e. The first-order valence-electron chi connectivity index (χ1n) is 7.51. The van der Waals surface area contributed by atoms with Crippen molar-refractivity contribution < 1.29 is 18.7 Å². The lowest BCUT2D eigenvalue weighted by atomic mass is 9.67. The molecule has 0 radical (unpaired) electrons. The lowest BCUT2D eigenvalue weighted by molar-refractivity contribution is -0.145. The van der Waals surface area contributed by atoms with E-state index in [0.29, 0.717) is 11.4 Å². The zero-order chi connectivity index (χ0) is 18.1. The standard InChI is InChI=1S/C17H13FN4O3/c1-16(2)12-11(14(23)25-16)17(9(6-19)13(20)22-12)8-5-7(18)3-4-10(8)21-15(17)24/h3-5,22H,20H2,1-2H3,(H,21,24)/t17-/m0/s1. The van der Waals surface area contributed by atoms with Crippen molar-refractivity contribution in [1.29, 1.82) is 5.26 Å². The van der Waals surface area contributed by atoms with Gasteiger partial charge >= 0.3 is 5.97 Å². The monoisotopic (exact) mass is 340 g/mol. The molecule has 0 aromatic heterocycles. The molecule has 4 rings (SSSR count). The number of nitrogens with two attached hydrogens (primary N) is 1. The quantitative estimate of drug-likeness (QED) is 0.604. The maximum Gasteiger partial charge on any atom is 0.338 e. The van der Waals surface area contributed by atoms with Crippen molar-refractivity contribution in [3.8, 4) is 6.07 Å². The Balaban J connectivity index is 2.16. The molecule has 0 fully saturated rings. The molecule has 1 amide bonds. The van der Waals surface area contributed by atoms with Gasteiger partial charge in [-0.05, 0) is 32.0 Å². The van der Waals surface area contributed by atoms with Crippen LogP contribution in [0.25, 0.3) is 0 Å². The highest BCUT2D eigenvalue weighted by atomic mass is 19.1. The number of esters is 1. The van der Waals surface area contributed by atoms with Crippen molar-refractivity contribution in [1.82, 2.24) is 5.32 Å². The highest BCUT2D eigenvalue weighted by Crippen LogP contribution is 2.54. The molecule has 0 saturated heterocycles. The summed E-state index contributed by atoms with van der Waals surface area (Å²) >= 11 is 0. The number of hydrogen-bond donors (Lipinski definition) is 3. The number of dihydropyridines is 1. The molecular weight excluding hydrogens is 327 g/mol. The first kappa shape index (κ1) is 15.2. The SMILES string of the molecule is CC1(C)OC(=O)C2=C1NC(N)=C(C#N)[C@]21C(=O)Nc2ccc(F)cc21. The Bertz CT molecular complexity index is 986. The Labute approximate surface area is 141 Å². The normalized spacial score (nSPS) is 26.0. The van der Waals surface area contributed by atoms with E-state index in [2.05, 4.69) is 10.6 Å². The Kier molecular flexibility index (Phi) is 2.67. The maximum absolute atomic E-state index is 13.9. The summed E-state index contributed by atoms with van der Waals surface area (Å²) in [4.78, 5) is 25.6. The smallest absolute Gasteiger partial charge is 0.338 e. The molecule has 1 aromatic carbocycles. The minimum absolute atomic E-state index is 0.0369. The number of benzene rings is 1. The van der Waals surface area contributed by atoms with E-state index in [1.54, 1.807) is 13.8 Å². The lowest BCUT2D eigenvalue weighted by Crippen LogP contribution is -2.48. The minimum Gasteiger partial charge on any atom is -0.450 e. The van der Waals surface area contributed by atoms with Gasteiger partial charge in [0.2, 0.25) is 5.91 Å². The molecule has 4 N–H and O–H groups in total. The second-order valence-corrected chi connectivity index (χ2v) is 6.57. The van der Waals surface area contributed by atoms with Gasteiger partial charge in [0.15, 0.2) is 0 Å². The van der Waals surface area contributed by atoms with Crippen molar-refractivity contribution in [2.45, 2.75) is 24.9 Å². The van der Waals surface area contributed by atoms with Crippen molar-refractivity contribution in [3.05, 3.63) is 52.2 Å². The molecule has 3 heterocycles. The van der Waals surface area contributed by atoms with Gasteiger partial charge < -0.3 is 21.1 Å². The van der Waals surface area contributed by atoms with Crippen LogP contribution < -0.4 is 16.4 Å². The number of nitrogens with zero attached hydrogens (tertiary/aromatic N) is 1. The highest BCUT2D eigenvalue weighted by Gasteiger charge is 2.63. The van der Waals surface area contributed by atoms with Gasteiger partial charge in [0.1, 0.15) is 28.7 Å². The van der Waals surface area contributed by atoms with Crippen LogP contribution in [0.2, 0.25) is 0 Å². The summed E-state index contributed by atoms with van der Waals surface area (Å²) in [7, 11) is 0. The van der Waals surface area contributed by atoms with Crippen molar-refractivity contribution in [2.24, 2.45) is 5.73 Å². The summed E-state index contributed by atoms with van der Waals surface area (Å²) in [5.74, 6) is -2.06. The second kappa shape index (κ2) is 4.39. The van der Waals surface area contributed by atoms with Crippen LogP contribution in [0.15, 0.2) is 40.9 Å². The van der Waals surface area contributed by atoms with E-state index >= 15 is 0 Å². The summed E-state index contributed by atoms with van der Waals surface area (Å²) < 4.78 is 19.3. The summed E-state index contributed by atoms with van der Waals surface area (Å²) in [5, 5.41) is 15.1. The summed E-state index contributed by atoms with van der Waals surface area (Å²) in [6, 6.07) is 5.61. The fourth-order valence-corrected chi connectivity index (χ4v) is 3.73. The van der Waals surface area contributed by atoms with E-state index in [-0.39, 0.29) is 22.5 Å². The zero-order valence-corrected chi connectivity index (χ0v) is 13.4. The predicted molar refractivity (Wildman–Crippen MR) is 83.9 cm³/mol. The topological polar surface area (TPSA) is 117 Å².